The van der Waals surface area contributed by atoms with E-state index < -0.39 is 0 Å². The Kier molecular flexibility index (Phi) is 6.60. The highest BCUT2D eigenvalue weighted by Gasteiger charge is 2.14. The maximum absolute atomic E-state index is 6.17. The molecule has 0 aliphatic carbocycles. The molecule has 0 radical (unpaired) electrons. The molecule has 0 aliphatic heterocycles. The second-order valence-electron chi connectivity index (χ2n) is 7.42. The van der Waals surface area contributed by atoms with Gasteiger partial charge in [-0.1, -0.05) is 84.4 Å². The van der Waals surface area contributed by atoms with Crippen LogP contribution >= 0.6 is 0 Å². The number of aromatic nitrogens is 1. The van der Waals surface area contributed by atoms with E-state index in [2.05, 4.69) is 25.1 Å². The minimum atomic E-state index is 0.423. The molecule has 0 saturated carbocycles. The first kappa shape index (κ1) is 20.6. The van der Waals surface area contributed by atoms with E-state index in [9.17, 15) is 0 Å². The Hall–Kier alpha value is -3.63. The number of rotatable bonds is 8. The molecule has 31 heavy (non-hydrogen) atoms. The molecule has 0 unspecified atom stereocenters. The van der Waals surface area contributed by atoms with E-state index in [1.165, 1.54) is 5.56 Å². The van der Waals surface area contributed by atoms with Gasteiger partial charge in [-0.2, -0.15) is 4.98 Å². The first-order chi connectivity index (χ1) is 15.2. The molecule has 0 bridgehead atoms. The van der Waals surface area contributed by atoms with Crippen LogP contribution in [-0.4, -0.2) is 4.98 Å². The van der Waals surface area contributed by atoms with Crippen molar-refractivity contribution in [3.8, 4) is 22.9 Å². The van der Waals surface area contributed by atoms with Gasteiger partial charge in [-0.25, -0.2) is 0 Å². The molecular formula is C27H26N2O2. The lowest BCUT2D eigenvalue weighted by Gasteiger charge is -2.15. The Labute approximate surface area is 183 Å². The monoisotopic (exact) mass is 410 g/mol. The third-order valence-corrected chi connectivity index (χ3v) is 5.05. The summed E-state index contributed by atoms with van der Waals surface area (Å²) in [5.74, 6) is 1.06. The van der Waals surface area contributed by atoms with Crippen molar-refractivity contribution in [1.29, 1.82) is 0 Å². The van der Waals surface area contributed by atoms with Gasteiger partial charge in [0, 0.05) is 18.2 Å². The Morgan fingerprint density at radius 3 is 1.97 bits per heavy atom. The van der Waals surface area contributed by atoms with Gasteiger partial charge in [0.2, 0.25) is 11.8 Å². The molecule has 4 heteroatoms. The van der Waals surface area contributed by atoms with E-state index in [0.717, 1.165) is 27.8 Å². The van der Waals surface area contributed by atoms with E-state index in [1.807, 2.05) is 72.8 Å². The molecule has 156 valence electrons. The van der Waals surface area contributed by atoms with Crippen molar-refractivity contribution in [3.05, 3.63) is 113 Å². The summed E-state index contributed by atoms with van der Waals surface area (Å²) in [5.41, 5.74) is 12.4. The summed E-state index contributed by atoms with van der Waals surface area (Å²) < 4.78 is 12.1. The van der Waals surface area contributed by atoms with Crippen LogP contribution in [0.3, 0.4) is 0 Å². The Balaban J connectivity index is 1.64. The fourth-order valence-corrected chi connectivity index (χ4v) is 3.43. The fraction of sp³-hybridized carbons (Fsp3) is 0.148. The summed E-state index contributed by atoms with van der Waals surface area (Å²) in [5, 5.41) is 0. The van der Waals surface area contributed by atoms with Gasteiger partial charge in [0.1, 0.15) is 13.2 Å². The van der Waals surface area contributed by atoms with Crippen molar-refractivity contribution in [1.82, 2.24) is 4.98 Å². The zero-order chi connectivity index (χ0) is 21.5. The predicted octanol–water partition coefficient (Wildman–Crippen LogP) is 5.67. The van der Waals surface area contributed by atoms with Gasteiger partial charge in [0.05, 0.1) is 0 Å². The van der Waals surface area contributed by atoms with Crippen LogP contribution in [0.2, 0.25) is 0 Å². The largest absolute Gasteiger partial charge is 0.473 e. The molecule has 0 aliphatic rings. The first-order valence-electron chi connectivity index (χ1n) is 10.4. The van der Waals surface area contributed by atoms with Crippen molar-refractivity contribution < 1.29 is 9.47 Å². The van der Waals surface area contributed by atoms with Crippen LogP contribution in [0.5, 0.6) is 11.8 Å². The van der Waals surface area contributed by atoms with Crippen LogP contribution in [0, 0.1) is 6.92 Å². The van der Waals surface area contributed by atoms with Crippen molar-refractivity contribution >= 4 is 0 Å². The van der Waals surface area contributed by atoms with Gasteiger partial charge in [-0.05, 0) is 35.2 Å². The highest BCUT2D eigenvalue weighted by Crippen LogP contribution is 2.34. The molecule has 4 rings (SSSR count). The lowest BCUT2D eigenvalue weighted by molar-refractivity contribution is 0.268. The lowest BCUT2D eigenvalue weighted by Crippen LogP contribution is -2.04. The van der Waals surface area contributed by atoms with Gasteiger partial charge in [-0.3, -0.25) is 0 Å². The normalized spacial score (nSPS) is 10.6. The predicted molar refractivity (Wildman–Crippen MR) is 124 cm³/mol. The van der Waals surface area contributed by atoms with Crippen LogP contribution < -0.4 is 15.2 Å². The van der Waals surface area contributed by atoms with Crippen LogP contribution in [-0.2, 0) is 19.8 Å². The van der Waals surface area contributed by atoms with Crippen LogP contribution in [0.25, 0.3) is 11.1 Å². The number of nitrogens with zero attached hydrogens (tertiary/aromatic N) is 1. The Bertz CT molecular complexity index is 1130. The van der Waals surface area contributed by atoms with Crippen molar-refractivity contribution in [3.63, 3.8) is 0 Å². The second kappa shape index (κ2) is 9.92. The SMILES string of the molecule is Cc1ccc(-c2ccc(OCc3ccccc3)nc2OCc2ccccc2)c(CN)c1. The third kappa shape index (κ3) is 5.30. The zero-order valence-corrected chi connectivity index (χ0v) is 17.6. The van der Waals surface area contributed by atoms with Gasteiger partial charge in [0.15, 0.2) is 0 Å². The van der Waals surface area contributed by atoms with Gasteiger partial charge in [0.25, 0.3) is 0 Å². The third-order valence-electron chi connectivity index (χ3n) is 5.05. The standard InChI is InChI=1S/C27H26N2O2/c1-20-12-13-24(23(16-20)17-28)25-14-15-26(30-18-21-8-4-2-5-9-21)29-27(25)31-19-22-10-6-3-7-11-22/h2-16H,17-19,28H2,1H3. The quantitative estimate of drug-likeness (QED) is 0.406. The number of benzene rings is 3. The highest BCUT2D eigenvalue weighted by atomic mass is 16.5. The van der Waals surface area contributed by atoms with Gasteiger partial charge >= 0.3 is 0 Å². The highest BCUT2D eigenvalue weighted by molar-refractivity contribution is 5.72. The molecule has 4 aromatic rings. The number of hydrogen-bond acceptors (Lipinski definition) is 4. The summed E-state index contributed by atoms with van der Waals surface area (Å²) in [6, 6.07) is 30.2. The first-order valence-corrected chi connectivity index (χ1v) is 10.4. The van der Waals surface area contributed by atoms with E-state index in [4.69, 9.17) is 20.2 Å². The van der Waals surface area contributed by atoms with E-state index >= 15 is 0 Å². The topological polar surface area (TPSA) is 57.4 Å². The summed E-state index contributed by atoms with van der Waals surface area (Å²) in [7, 11) is 0. The average molecular weight is 411 g/mol. The Morgan fingerprint density at radius 2 is 1.32 bits per heavy atom. The minimum Gasteiger partial charge on any atom is -0.473 e. The molecule has 4 nitrogen and oxygen atoms in total. The maximum Gasteiger partial charge on any atom is 0.225 e. The van der Waals surface area contributed by atoms with Crippen LogP contribution in [0.4, 0.5) is 0 Å². The molecule has 0 atom stereocenters. The molecule has 1 heterocycles. The van der Waals surface area contributed by atoms with Crippen LogP contribution in [0.15, 0.2) is 91.0 Å². The molecule has 0 amide bonds. The summed E-state index contributed by atoms with van der Waals surface area (Å²) in [6.07, 6.45) is 0. The lowest BCUT2D eigenvalue weighted by atomic mass is 9.98. The van der Waals surface area contributed by atoms with E-state index in [1.54, 1.807) is 0 Å². The van der Waals surface area contributed by atoms with E-state index in [0.29, 0.717) is 31.5 Å². The second-order valence-corrected chi connectivity index (χ2v) is 7.42. The molecular weight excluding hydrogens is 384 g/mol. The smallest absolute Gasteiger partial charge is 0.225 e. The van der Waals surface area contributed by atoms with Crippen molar-refractivity contribution in [2.75, 3.05) is 0 Å². The summed E-state index contributed by atoms with van der Waals surface area (Å²) in [4.78, 5) is 4.69. The van der Waals surface area contributed by atoms with Gasteiger partial charge < -0.3 is 15.2 Å². The number of ether oxygens (including phenoxy) is 2. The average Bonchev–Trinajstić information content (AvgIpc) is 2.83. The number of pyridine rings is 1. The summed E-state index contributed by atoms with van der Waals surface area (Å²) >= 11 is 0. The van der Waals surface area contributed by atoms with Crippen molar-refractivity contribution in [2.24, 2.45) is 5.73 Å². The van der Waals surface area contributed by atoms with Crippen LogP contribution in [0.1, 0.15) is 22.3 Å². The van der Waals surface area contributed by atoms with E-state index in [-0.39, 0.29) is 0 Å². The summed E-state index contributed by atoms with van der Waals surface area (Å²) in [6.45, 7) is 3.38. The molecule has 0 saturated heterocycles. The molecule has 3 aromatic carbocycles. The van der Waals surface area contributed by atoms with Gasteiger partial charge in [-0.15, -0.1) is 0 Å². The molecule has 1 aromatic heterocycles. The van der Waals surface area contributed by atoms with Crippen molar-refractivity contribution in [2.45, 2.75) is 26.7 Å². The number of aryl methyl sites for hydroxylation is 1. The number of nitrogens with two attached hydrogens (primary N) is 1. The molecule has 0 fully saturated rings. The molecule has 2 N–H and O–H groups in total. The maximum atomic E-state index is 6.17. The number of hydrogen-bond donors (Lipinski definition) is 1. The zero-order valence-electron chi connectivity index (χ0n) is 17.6. The fourth-order valence-electron chi connectivity index (χ4n) is 3.43. The molecule has 0 spiro atoms. The minimum absolute atomic E-state index is 0.423. The Morgan fingerprint density at radius 1 is 0.710 bits per heavy atom.